The largest absolute Gasteiger partial charge is 0.508 e. The fraction of sp³-hybridized carbons (Fsp3) is 0.471. The van der Waals surface area contributed by atoms with Crippen molar-refractivity contribution in [2.75, 3.05) is 13.7 Å². The van der Waals surface area contributed by atoms with Crippen molar-refractivity contribution in [2.24, 2.45) is 11.8 Å². The smallest absolute Gasteiger partial charge is 0.326 e. The Labute approximate surface area is 139 Å². The van der Waals surface area contributed by atoms with Gasteiger partial charge < -0.3 is 9.84 Å². The van der Waals surface area contributed by atoms with E-state index in [9.17, 15) is 19.5 Å². The van der Waals surface area contributed by atoms with E-state index in [1.165, 1.54) is 24.1 Å². The first-order valence-electron chi connectivity index (χ1n) is 7.85. The maximum absolute atomic E-state index is 12.7. The Balaban J connectivity index is 2.09. The Morgan fingerprint density at radius 1 is 1.29 bits per heavy atom. The third-order valence-corrected chi connectivity index (χ3v) is 5.06. The molecule has 0 saturated carbocycles. The minimum atomic E-state index is -1.28. The molecule has 128 valence electrons. The highest BCUT2D eigenvalue weighted by atomic mass is 16.5. The number of hydrogen-bond donors (Lipinski definition) is 2. The highest BCUT2D eigenvalue weighted by Gasteiger charge is 2.66. The van der Waals surface area contributed by atoms with Gasteiger partial charge in [0, 0.05) is 12.6 Å². The zero-order valence-electron chi connectivity index (χ0n) is 13.8. The van der Waals surface area contributed by atoms with Crippen molar-refractivity contribution in [1.82, 2.24) is 10.2 Å². The van der Waals surface area contributed by atoms with Gasteiger partial charge in [-0.05, 0) is 31.5 Å². The van der Waals surface area contributed by atoms with Gasteiger partial charge >= 0.3 is 5.97 Å². The lowest BCUT2D eigenvalue weighted by Crippen LogP contribution is -2.53. The summed E-state index contributed by atoms with van der Waals surface area (Å²) in [5, 5.41) is 12.6. The van der Waals surface area contributed by atoms with Crippen LogP contribution < -0.4 is 5.32 Å². The number of ether oxygens (including phenoxy) is 1. The average molecular weight is 332 g/mol. The quantitative estimate of drug-likeness (QED) is 0.621. The Morgan fingerprint density at radius 3 is 2.46 bits per heavy atom. The molecule has 0 bridgehead atoms. The molecule has 1 aromatic carbocycles. The van der Waals surface area contributed by atoms with Gasteiger partial charge in [-0.25, -0.2) is 0 Å². The van der Waals surface area contributed by atoms with Gasteiger partial charge in [-0.1, -0.05) is 12.1 Å². The minimum absolute atomic E-state index is 0.105. The van der Waals surface area contributed by atoms with Gasteiger partial charge in [0.05, 0.1) is 18.9 Å². The summed E-state index contributed by atoms with van der Waals surface area (Å²) in [6.07, 6.45) is 0. The highest BCUT2D eigenvalue weighted by molar-refractivity contribution is 6.09. The first kappa shape index (κ1) is 16.4. The maximum Gasteiger partial charge on any atom is 0.326 e. The number of likely N-dealkylation sites (tertiary alicyclic amines) is 1. The van der Waals surface area contributed by atoms with E-state index in [1.807, 2.05) is 0 Å². The van der Waals surface area contributed by atoms with Gasteiger partial charge in [-0.3, -0.25) is 24.6 Å². The van der Waals surface area contributed by atoms with Crippen LogP contribution in [0.4, 0.5) is 0 Å². The number of methoxy groups -OCH3 is 1. The van der Waals surface area contributed by atoms with Crippen LogP contribution in [-0.4, -0.2) is 47.0 Å². The maximum atomic E-state index is 12.7. The standard InChI is InChI=1S/C17H20N2O5/c1-4-19-14(21)11-12(15(19)22)17(2,16(23)24-3)18-13(11)9-5-7-10(20)8-6-9/h5-8,11-13,18,20H,4H2,1-3H3/t11-,12+,13-,17-/m1/s1. The van der Waals surface area contributed by atoms with Crippen LogP contribution in [0.25, 0.3) is 0 Å². The second kappa shape index (κ2) is 5.59. The molecule has 2 amide bonds. The lowest BCUT2D eigenvalue weighted by atomic mass is 9.80. The van der Waals surface area contributed by atoms with Gasteiger partial charge in [0.15, 0.2) is 0 Å². The summed E-state index contributed by atoms with van der Waals surface area (Å²) in [5.74, 6) is -2.59. The predicted octanol–water partition coefficient (Wildman–Crippen LogP) is 0.589. The number of amides is 2. The van der Waals surface area contributed by atoms with E-state index in [0.717, 1.165) is 5.56 Å². The summed E-state index contributed by atoms with van der Waals surface area (Å²) in [5.41, 5.74) is -0.548. The number of benzene rings is 1. The Morgan fingerprint density at radius 2 is 1.92 bits per heavy atom. The van der Waals surface area contributed by atoms with Crippen molar-refractivity contribution in [2.45, 2.75) is 25.4 Å². The molecular formula is C17H20N2O5. The van der Waals surface area contributed by atoms with E-state index < -0.39 is 29.4 Å². The van der Waals surface area contributed by atoms with Crippen LogP contribution in [-0.2, 0) is 19.1 Å². The molecule has 0 unspecified atom stereocenters. The number of imide groups is 1. The van der Waals surface area contributed by atoms with E-state index >= 15 is 0 Å². The monoisotopic (exact) mass is 332 g/mol. The number of phenolic OH excluding ortho intramolecular Hbond substituents is 1. The molecule has 2 heterocycles. The third-order valence-electron chi connectivity index (χ3n) is 5.06. The van der Waals surface area contributed by atoms with E-state index in [2.05, 4.69) is 5.32 Å². The molecule has 3 rings (SSSR count). The molecule has 0 aromatic heterocycles. The molecule has 0 aliphatic carbocycles. The molecule has 2 fully saturated rings. The molecule has 7 heteroatoms. The number of carbonyl (C=O) groups excluding carboxylic acids is 3. The average Bonchev–Trinajstić information content (AvgIpc) is 3.02. The number of carbonyl (C=O) groups is 3. The summed E-state index contributed by atoms with van der Waals surface area (Å²) in [6.45, 7) is 3.60. The summed E-state index contributed by atoms with van der Waals surface area (Å²) >= 11 is 0. The van der Waals surface area contributed by atoms with Gasteiger partial charge in [0.1, 0.15) is 11.3 Å². The molecule has 24 heavy (non-hydrogen) atoms. The Hall–Kier alpha value is -2.41. The molecular weight excluding hydrogens is 312 g/mol. The lowest BCUT2D eigenvalue weighted by molar-refractivity contribution is -0.153. The van der Waals surface area contributed by atoms with Crippen molar-refractivity contribution >= 4 is 17.8 Å². The van der Waals surface area contributed by atoms with Crippen LogP contribution in [0.3, 0.4) is 0 Å². The van der Waals surface area contributed by atoms with Crippen LogP contribution in [0, 0.1) is 11.8 Å². The fourth-order valence-electron chi connectivity index (χ4n) is 3.88. The second-order valence-electron chi connectivity index (χ2n) is 6.33. The van der Waals surface area contributed by atoms with Crippen molar-refractivity contribution in [1.29, 1.82) is 0 Å². The van der Waals surface area contributed by atoms with E-state index in [0.29, 0.717) is 0 Å². The van der Waals surface area contributed by atoms with Crippen molar-refractivity contribution in [3.63, 3.8) is 0 Å². The number of fused-ring (bicyclic) bond motifs is 1. The summed E-state index contributed by atoms with van der Waals surface area (Å²) < 4.78 is 4.88. The molecule has 0 radical (unpaired) electrons. The number of rotatable bonds is 3. The summed E-state index contributed by atoms with van der Waals surface area (Å²) in [6, 6.07) is 5.88. The topological polar surface area (TPSA) is 95.9 Å². The summed E-state index contributed by atoms with van der Waals surface area (Å²) in [7, 11) is 1.26. The summed E-state index contributed by atoms with van der Waals surface area (Å²) in [4.78, 5) is 39.0. The third kappa shape index (κ3) is 2.11. The van der Waals surface area contributed by atoms with E-state index in [1.54, 1.807) is 26.0 Å². The molecule has 7 nitrogen and oxygen atoms in total. The van der Waals surface area contributed by atoms with Gasteiger partial charge in [-0.2, -0.15) is 0 Å². The number of esters is 1. The van der Waals surface area contributed by atoms with Crippen LogP contribution in [0.15, 0.2) is 24.3 Å². The molecule has 2 saturated heterocycles. The first-order chi connectivity index (χ1) is 11.3. The van der Waals surface area contributed by atoms with Gasteiger partial charge in [0.2, 0.25) is 11.8 Å². The second-order valence-corrected chi connectivity index (χ2v) is 6.33. The Kier molecular flexibility index (Phi) is 3.83. The molecule has 4 atom stereocenters. The lowest BCUT2D eigenvalue weighted by Gasteiger charge is -2.28. The zero-order chi connectivity index (χ0) is 17.6. The van der Waals surface area contributed by atoms with Gasteiger partial charge in [-0.15, -0.1) is 0 Å². The number of nitrogens with one attached hydrogen (secondary N) is 1. The van der Waals surface area contributed by atoms with E-state index in [4.69, 9.17) is 4.74 Å². The first-order valence-corrected chi connectivity index (χ1v) is 7.85. The molecule has 2 aliphatic rings. The molecule has 2 N–H and O–H groups in total. The SMILES string of the molecule is CCN1C(=O)[C@H]2[C@@H](c3ccc(O)cc3)N[C@@](C)(C(=O)OC)[C@@H]2C1=O. The van der Waals surface area contributed by atoms with Crippen molar-refractivity contribution in [3.8, 4) is 5.75 Å². The minimum Gasteiger partial charge on any atom is -0.508 e. The number of aromatic hydroxyl groups is 1. The van der Waals surface area contributed by atoms with Crippen LogP contribution in [0.5, 0.6) is 5.75 Å². The fourth-order valence-corrected chi connectivity index (χ4v) is 3.88. The number of nitrogens with zero attached hydrogens (tertiary/aromatic N) is 1. The van der Waals surface area contributed by atoms with E-state index in [-0.39, 0.29) is 24.1 Å². The normalized spacial score (nSPS) is 32.1. The Bertz CT molecular complexity index is 701. The molecule has 0 spiro atoms. The highest BCUT2D eigenvalue weighted by Crippen LogP contribution is 2.48. The number of phenols is 1. The molecule has 2 aliphatic heterocycles. The van der Waals surface area contributed by atoms with Crippen LogP contribution in [0.2, 0.25) is 0 Å². The van der Waals surface area contributed by atoms with Gasteiger partial charge in [0.25, 0.3) is 0 Å². The zero-order valence-corrected chi connectivity index (χ0v) is 13.8. The van der Waals surface area contributed by atoms with Crippen molar-refractivity contribution in [3.05, 3.63) is 29.8 Å². The predicted molar refractivity (Wildman–Crippen MR) is 83.8 cm³/mol. The van der Waals surface area contributed by atoms with Crippen LogP contribution in [0.1, 0.15) is 25.5 Å². The molecule has 1 aromatic rings. The van der Waals surface area contributed by atoms with Crippen LogP contribution >= 0.6 is 0 Å². The number of hydrogen-bond acceptors (Lipinski definition) is 6. The van der Waals surface area contributed by atoms with Crippen molar-refractivity contribution < 1.29 is 24.2 Å².